The second-order valence-electron chi connectivity index (χ2n) is 4.07. The Morgan fingerprint density at radius 2 is 1.68 bits per heavy atom. The van der Waals surface area contributed by atoms with Gasteiger partial charge in [-0.05, 0) is 17.7 Å². The second-order valence-corrected chi connectivity index (χ2v) is 5.08. The first-order chi connectivity index (χ1) is 9.34. The number of rotatable bonds is 3. The predicted octanol–water partition coefficient (Wildman–Crippen LogP) is 2.65. The first kappa shape index (κ1) is 12.0. The van der Waals surface area contributed by atoms with E-state index in [2.05, 4.69) is 15.2 Å². The molecule has 0 saturated heterocycles. The summed E-state index contributed by atoms with van der Waals surface area (Å²) in [4.78, 5) is 3.99. The van der Waals surface area contributed by atoms with Gasteiger partial charge in [-0.1, -0.05) is 41.7 Å². The maximum Gasteiger partial charge on any atom is 0.147 e. The summed E-state index contributed by atoms with van der Waals surface area (Å²) in [5.74, 6) is 0. The maximum atomic E-state index is 6.20. The lowest BCUT2D eigenvalue weighted by Crippen LogP contribution is -2.11. The van der Waals surface area contributed by atoms with Gasteiger partial charge in [0.15, 0.2) is 0 Å². The lowest BCUT2D eigenvalue weighted by Gasteiger charge is -2.06. The van der Waals surface area contributed by atoms with Crippen LogP contribution in [-0.4, -0.2) is 15.2 Å². The highest BCUT2D eigenvalue weighted by molar-refractivity contribution is 7.14. The summed E-state index contributed by atoms with van der Waals surface area (Å²) in [5, 5.41) is 10.1. The van der Waals surface area contributed by atoms with Crippen molar-refractivity contribution < 1.29 is 0 Å². The van der Waals surface area contributed by atoms with Crippen molar-refractivity contribution in [1.82, 2.24) is 15.2 Å². The molecule has 0 bridgehead atoms. The summed E-state index contributed by atoms with van der Waals surface area (Å²) in [7, 11) is 0. The molecule has 0 aliphatic heterocycles. The number of hydrogen-bond donors (Lipinski definition) is 1. The van der Waals surface area contributed by atoms with E-state index >= 15 is 0 Å². The minimum atomic E-state index is -0.228. The van der Waals surface area contributed by atoms with Crippen LogP contribution in [0.5, 0.6) is 0 Å². The molecule has 19 heavy (non-hydrogen) atoms. The highest BCUT2D eigenvalue weighted by atomic mass is 32.1. The average Bonchev–Trinajstić information content (AvgIpc) is 2.98. The third-order valence-electron chi connectivity index (χ3n) is 2.79. The van der Waals surface area contributed by atoms with Crippen molar-refractivity contribution in [1.29, 1.82) is 0 Å². The van der Waals surface area contributed by atoms with Crippen LogP contribution in [0.1, 0.15) is 16.6 Å². The molecule has 3 aromatic rings. The summed E-state index contributed by atoms with van der Waals surface area (Å²) in [5.41, 5.74) is 8.26. The van der Waals surface area contributed by atoms with E-state index in [1.54, 1.807) is 12.4 Å². The van der Waals surface area contributed by atoms with Crippen LogP contribution in [0.15, 0.2) is 54.9 Å². The van der Waals surface area contributed by atoms with E-state index in [0.717, 1.165) is 21.1 Å². The maximum absolute atomic E-state index is 6.20. The van der Waals surface area contributed by atoms with Crippen LogP contribution in [0.4, 0.5) is 0 Å². The largest absolute Gasteiger partial charge is 0.318 e. The van der Waals surface area contributed by atoms with E-state index < -0.39 is 0 Å². The SMILES string of the molecule is NC(c1ccccc1)c1nnc(-c2ccncc2)s1. The molecule has 4 nitrogen and oxygen atoms in total. The average molecular weight is 268 g/mol. The topological polar surface area (TPSA) is 64.7 Å². The molecular weight excluding hydrogens is 256 g/mol. The van der Waals surface area contributed by atoms with Gasteiger partial charge in [0.2, 0.25) is 0 Å². The summed E-state index contributed by atoms with van der Waals surface area (Å²) < 4.78 is 0. The van der Waals surface area contributed by atoms with Crippen molar-refractivity contribution in [2.45, 2.75) is 6.04 Å². The minimum Gasteiger partial charge on any atom is -0.318 e. The van der Waals surface area contributed by atoms with E-state index in [-0.39, 0.29) is 6.04 Å². The third kappa shape index (κ3) is 2.52. The van der Waals surface area contributed by atoms with Gasteiger partial charge in [-0.2, -0.15) is 0 Å². The van der Waals surface area contributed by atoms with E-state index in [4.69, 9.17) is 5.73 Å². The molecule has 0 saturated carbocycles. The van der Waals surface area contributed by atoms with Crippen LogP contribution >= 0.6 is 11.3 Å². The summed E-state index contributed by atoms with van der Waals surface area (Å²) in [6.45, 7) is 0. The number of pyridine rings is 1. The lowest BCUT2D eigenvalue weighted by molar-refractivity contribution is 0.831. The van der Waals surface area contributed by atoms with E-state index in [0.29, 0.717) is 0 Å². The fourth-order valence-electron chi connectivity index (χ4n) is 1.77. The fraction of sp³-hybridized carbons (Fsp3) is 0.0714. The predicted molar refractivity (Wildman–Crippen MR) is 75.6 cm³/mol. The zero-order chi connectivity index (χ0) is 13.1. The van der Waals surface area contributed by atoms with Gasteiger partial charge in [-0.3, -0.25) is 4.98 Å². The molecule has 0 aliphatic carbocycles. The summed E-state index contributed by atoms with van der Waals surface area (Å²) in [6.07, 6.45) is 3.49. The summed E-state index contributed by atoms with van der Waals surface area (Å²) in [6, 6.07) is 13.5. The molecule has 2 aromatic heterocycles. The van der Waals surface area contributed by atoms with Crippen molar-refractivity contribution in [2.75, 3.05) is 0 Å². The van der Waals surface area contributed by atoms with Crippen molar-refractivity contribution in [3.63, 3.8) is 0 Å². The number of hydrogen-bond acceptors (Lipinski definition) is 5. The zero-order valence-corrected chi connectivity index (χ0v) is 10.9. The Morgan fingerprint density at radius 1 is 0.947 bits per heavy atom. The van der Waals surface area contributed by atoms with Crippen molar-refractivity contribution in [2.24, 2.45) is 5.73 Å². The van der Waals surface area contributed by atoms with E-state index in [9.17, 15) is 0 Å². The Hall–Kier alpha value is -2.11. The first-order valence-corrected chi connectivity index (χ1v) is 6.70. The van der Waals surface area contributed by atoms with Gasteiger partial charge in [0.05, 0.1) is 6.04 Å². The van der Waals surface area contributed by atoms with Crippen molar-refractivity contribution >= 4 is 11.3 Å². The van der Waals surface area contributed by atoms with Crippen molar-refractivity contribution in [3.05, 3.63) is 65.4 Å². The van der Waals surface area contributed by atoms with Gasteiger partial charge in [0.25, 0.3) is 0 Å². The Kier molecular flexibility index (Phi) is 3.31. The molecule has 3 rings (SSSR count). The molecule has 2 N–H and O–H groups in total. The molecule has 0 radical (unpaired) electrons. The summed E-state index contributed by atoms with van der Waals surface area (Å²) >= 11 is 1.51. The lowest BCUT2D eigenvalue weighted by atomic mass is 10.1. The smallest absolute Gasteiger partial charge is 0.147 e. The van der Waals surface area contributed by atoms with Gasteiger partial charge in [0.1, 0.15) is 10.0 Å². The zero-order valence-electron chi connectivity index (χ0n) is 10.1. The Balaban J connectivity index is 1.90. The molecule has 0 amide bonds. The molecule has 1 atom stereocenters. The van der Waals surface area contributed by atoms with Crippen LogP contribution in [0.2, 0.25) is 0 Å². The highest BCUT2D eigenvalue weighted by Crippen LogP contribution is 2.28. The molecule has 1 aromatic carbocycles. The standard InChI is InChI=1S/C14H12N4S/c15-12(10-4-2-1-3-5-10)14-18-17-13(19-14)11-6-8-16-9-7-11/h1-9,12H,15H2. The van der Waals surface area contributed by atoms with Gasteiger partial charge in [-0.25, -0.2) is 0 Å². The molecule has 0 fully saturated rings. The number of nitrogens with two attached hydrogens (primary N) is 1. The molecule has 0 aliphatic rings. The molecule has 1 unspecified atom stereocenters. The van der Waals surface area contributed by atoms with Crippen LogP contribution < -0.4 is 5.73 Å². The molecule has 2 heterocycles. The highest BCUT2D eigenvalue weighted by Gasteiger charge is 2.14. The number of nitrogens with zero attached hydrogens (tertiary/aromatic N) is 3. The minimum absolute atomic E-state index is 0.228. The van der Waals surface area contributed by atoms with E-state index in [1.165, 1.54) is 11.3 Å². The van der Waals surface area contributed by atoms with Gasteiger partial charge >= 0.3 is 0 Å². The van der Waals surface area contributed by atoms with Crippen molar-refractivity contribution in [3.8, 4) is 10.6 Å². The first-order valence-electron chi connectivity index (χ1n) is 5.89. The fourth-order valence-corrected chi connectivity index (χ4v) is 2.65. The van der Waals surface area contributed by atoms with Crippen LogP contribution in [-0.2, 0) is 0 Å². The van der Waals surface area contributed by atoms with Gasteiger partial charge < -0.3 is 5.73 Å². The monoisotopic (exact) mass is 268 g/mol. The Bertz CT molecular complexity index is 651. The van der Waals surface area contributed by atoms with Gasteiger partial charge in [0, 0.05) is 18.0 Å². The van der Waals surface area contributed by atoms with Crippen LogP contribution in [0.3, 0.4) is 0 Å². The van der Waals surface area contributed by atoms with Gasteiger partial charge in [-0.15, -0.1) is 10.2 Å². The molecular formula is C14H12N4S. The molecule has 5 heteroatoms. The van der Waals surface area contributed by atoms with Crippen LogP contribution in [0.25, 0.3) is 10.6 Å². The number of aromatic nitrogens is 3. The number of benzene rings is 1. The molecule has 0 spiro atoms. The third-order valence-corrected chi connectivity index (χ3v) is 3.85. The molecule has 94 valence electrons. The van der Waals surface area contributed by atoms with E-state index in [1.807, 2.05) is 42.5 Å². The second kappa shape index (κ2) is 5.26. The normalized spacial score (nSPS) is 12.3. The Labute approximate surface area is 115 Å². The van der Waals surface area contributed by atoms with Crippen LogP contribution in [0, 0.1) is 0 Å². The Morgan fingerprint density at radius 3 is 2.42 bits per heavy atom. The quantitative estimate of drug-likeness (QED) is 0.793.